The summed E-state index contributed by atoms with van der Waals surface area (Å²) in [6.07, 6.45) is -0.0699. The summed E-state index contributed by atoms with van der Waals surface area (Å²) >= 11 is 2.53. The van der Waals surface area contributed by atoms with Crippen molar-refractivity contribution in [3.63, 3.8) is 0 Å². The second kappa shape index (κ2) is 15.7. The molecular formula is C34H36N4O7S2. The van der Waals surface area contributed by atoms with Crippen molar-refractivity contribution in [1.29, 1.82) is 0 Å². The number of rotatable bonds is 9. The number of nitrogens with zero attached hydrogens (tertiary/aromatic N) is 3. The summed E-state index contributed by atoms with van der Waals surface area (Å²) in [5.74, 6) is -1.42. The highest BCUT2D eigenvalue weighted by Gasteiger charge is 2.48. The van der Waals surface area contributed by atoms with E-state index in [-0.39, 0.29) is 42.6 Å². The fourth-order valence-electron chi connectivity index (χ4n) is 4.69. The largest absolute Gasteiger partial charge is 0.481 e. The number of carbonyl (C=O) groups excluding carboxylic acids is 3. The predicted octanol–water partition coefficient (Wildman–Crippen LogP) is 6.98. The van der Waals surface area contributed by atoms with Crippen LogP contribution in [0.1, 0.15) is 69.5 Å². The molecule has 5 rings (SSSR count). The summed E-state index contributed by atoms with van der Waals surface area (Å²) in [6.45, 7) is 7.39. The maximum Gasteiger partial charge on any atom is 0.413 e. The van der Waals surface area contributed by atoms with Crippen LogP contribution >= 0.6 is 22.7 Å². The minimum Gasteiger partial charge on any atom is -0.481 e. The number of benzene rings is 2. The first-order valence-corrected chi connectivity index (χ1v) is 16.6. The van der Waals surface area contributed by atoms with E-state index in [9.17, 15) is 24.3 Å². The standard InChI is InChI=1S/C20H18N2O2S.C14H18N2O5S/c1-2-24-18(23)13-17-14-25-20(21-17)22-19(15-9-5-3-6-10-15)16-11-7-4-8-12-16;1-13(2,3)21-12(20)16-11-15-9(7-22-11)14(10(18)19)5-4-8(17)6-14/h3-12,14H,2,13H2,1H3;7H,4-6H2,1-3H3,(H,18,19)(H,15,16,20). The molecule has 11 nitrogen and oxygen atoms in total. The number of hydrogen-bond donors (Lipinski definition) is 2. The number of Topliss-reactive ketones (excluding diaryl/α,β-unsaturated/α-hetero) is 1. The molecule has 246 valence electrons. The lowest BCUT2D eigenvalue weighted by Crippen LogP contribution is -2.33. The lowest BCUT2D eigenvalue weighted by Gasteiger charge is -2.20. The van der Waals surface area contributed by atoms with Crippen LogP contribution in [-0.4, -0.2) is 56.8 Å². The van der Waals surface area contributed by atoms with Crippen molar-refractivity contribution in [2.75, 3.05) is 11.9 Å². The fraction of sp³-hybridized carbons (Fsp3) is 0.324. The maximum absolute atomic E-state index is 11.7. The molecule has 1 atom stereocenters. The third kappa shape index (κ3) is 9.87. The zero-order chi connectivity index (χ0) is 34.0. The van der Waals surface area contributed by atoms with Gasteiger partial charge >= 0.3 is 18.0 Å². The van der Waals surface area contributed by atoms with Crippen LogP contribution in [0.2, 0.25) is 0 Å². The van der Waals surface area contributed by atoms with E-state index >= 15 is 0 Å². The lowest BCUT2D eigenvalue weighted by molar-refractivity contribution is -0.144. The summed E-state index contributed by atoms with van der Waals surface area (Å²) in [4.78, 5) is 59.7. The third-order valence-corrected chi connectivity index (χ3v) is 8.35. The third-order valence-electron chi connectivity index (χ3n) is 6.81. The van der Waals surface area contributed by atoms with Gasteiger partial charge in [0.1, 0.15) is 16.8 Å². The number of carboxylic acid groups (broad SMARTS) is 1. The number of ketones is 1. The van der Waals surface area contributed by atoms with Gasteiger partial charge in [0.15, 0.2) is 5.13 Å². The molecule has 2 aromatic carbocycles. The van der Waals surface area contributed by atoms with Gasteiger partial charge in [0, 0.05) is 34.7 Å². The molecule has 0 radical (unpaired) electrons. The Morgan fingerprint density at radius 3 is 2.15 bits per heavy atom. The second-order valence-electron chi connectivity index (χ2n) is 11.6. The van der Waals surface area contributed by atoms with Crippen molar-refractivity contribution in [3.05, 3.63) is 93.9 Å². The molecule has 1 fully saturated rings. The van der Waals surface area contributed by atoms with Gasteiger partial charge in [0.05, 0.1) is 30.1 Å². The summed E-state index contributed by atoms with van der Waals surface area (Å²) in [5.41, 5.74) is 1.99. The number of hydrogen-bond acceptors (Lipinski definition) is 11. The SMILES string of the molecule is CC(C)(C)OC(=O)Nc1nc(C2(C(=O)O)CCC(=O)C2)cs1.CCOC(=O)Cc1csc(N=C(c2ccccc2)c2ccccc2)n1. The average molecular weight is 677 g/mol. The zero-order valence-electron chi connectivity index (χ0n) is 26.5. The molecule has 1 unspecified atom stereocenters. The summed E-state index contributed by atoms with van der Waals surface area (Å²) in [6, 6.07) is 20.0. The molecule has 4 aromatic rings. The van der Waals surface area contributed by atoms with Crippen molar-refractivity contribution in [1.82, 2.24) is 9.97 Å². The minimum atomic E-state index is -1.28. The van der Waals surface area contributed by atoms with Gasteiger partial charge in [-0.25, -0.2) is 19.8 Å². The highest BCUT2D eigenvalue weighted by atomic mass is 32.1. The Labute approximate surface area is 280 Å². The van der Waals surface area contributed by atoms with Crippen LogP contribution in [0.15, 0.2) is 76.4 Å². The second-order valence-corrected chi connectivity index (χ2v) is 13.3. The summed E-state index contributed by atoms with van der Waals surface area (Å²) in [5, 5.41) is 16.3. The Bertz CT molecular complexity index is 1690. The Kier molecular flexibility index (Phi) is 11.7. The highest BCUT2D eigenvalue weighted by Crippen LogP contribution is 2.40. The Morgan fingerprint density at radius 1 is 0.979 bits per heavy atom. The van der Waals surface area contributed by atoms with Gasteiger partial charge in [-0.1, -0.05) is 60.7 Å². The molecule has 0 spiro atoms. The van der Waals surface area contributed by atoms with Crippen molar-refractivity contribution in [3.8, 4) is 0 Å². The monoisotopic (exact) mass is 676 g/mol. The first-order chi connectivity index (χ1) is 22.4. The van der Waals surface area contributed by atoms with Gasteiger partial charge in [0.2, 0.25) is 5.13 Å². The quantitative estimate of drug-likeness (QED) is 0.141. The number of esters is 1. The van der Waals surface area contributed by atoms with Crippen molar-refractivity contribution in [2.24, 2.45) is 4.99 Å². The molecule has 1 aliphatic carbocycles. The van der Waals surface area contributed by atoms with Crippen LogP contribution in [-0.2, 0) is 35.7 Å². The zero-order valence-corrected chi connectivity index (χ0v) is 28.2. The molecule has 0 aliphatic heterocycles. The van der Waals surface area contributed by atoms with E-state index in [1.165, 1.54) is 11.3 Å². The van der Waals surface area contributed by atoms with Crippen LogP contribution in [0.4, 0.5) is 15.1 Å². The van der Waals surface area contributed by atoms with Gasteiger partial charge in [-0.15, -0.1) is 22.7 Å². The van der Waals surface area contributed by atoms with Gasteiger partial charge in [-0.2, -0.15) is 0 Å². The number of thiazole rings is 2. The van der Waals surface area contributed by atoms with Crippen molar-refractivity contribution < 1.29 is 33.8 Å². The van der Waals surface area contributed by atoms with Gasteiger partial charge in [-0.05, 0) is 34.1 Å². The number of nitrogens with one attached hydrogen (secondary N) is 1. The van der Waals surface area contributed by atoms with E-state index < -0.39 is 23.1 Å². The molecule has 1 saturated carbocycles. The molecule has 47 heavy (non-hydrogen) atoms. The van der Waals surface area contributed by atoms with Crippen LogP contribution in [0, 0.1) is 0 Å². The number of ether oxygens (including phenoxy) is 2. The average Bonchev–Trinajstić information content (AvgIpc) is 3.77. The van der Waals surface area contributed by atoms with E-state index in [4.69, 9.17) is 14.5 Å². The summed E-state index contributed by atoms with van der Waals surface area (Å²) < 4.78 is 10.1. The normalized spacial score (nSPS) is 15.6. The molecule has 13 heteroatoms. The van der Waals surface area contributed by atoms with E-state index in [1.807, 2.05) is 66.0 Å². The van der Waals surface area contributed by atoms with E-state index in [0.29, 0.717) is 23.1 Å². The molecule has 2 N–H and O–H groups in total. The van der Waals surface area contributed by atoms with E-state index in [0.717, 1.165) is 28.2 Å². The number of aliphatic imine (C=N–C) groups is 1. The number of aromatic nitrogens is 2. The lowest BCUT2D eigenvalue weighted by atomic mass is 9.83. The molecule has 2 heterocycles. The Hall–Kier alpha value is -4.75. The van der Waals surface area contributed by atoms with Gasteiger partial charge in [0.25, 0.3) is 0 Å². The first-order valence-electron chi connectivity index (χ1n) is 14.9. The number of anilines is 1. The Balaban J connectivity index is 0.000000215. The molecule has 0 bridgehead atoms. The van der Waals surface area contributed by atoms with Crippen LogP contribution < -0.4 is 5.32 Å². The van der Waals surface area contributed by atoms with Crippen LogP contribution in [0.25, 0.3) is 0 Å². The number of amides is 1. The topological polar surface area (TPSA) is 157 Å². The van der Waals surface area contributed by atoms with E-state index in [1.54, 1.807) is 33.1 Å². The van der Waals surface area contributed by atoms with Crippen LogP contribution in [0.5, 0.6) is 0 Å². The molecule has 1 amide bonds. The minimum absolute atomic E-state index is 0.0576. The molecule has 0 saturated heterocycles. The predicted molar refractivity (Wildman–Crippen MR) is 181 cm³/mol. The fourth-order valence-corrected chi connectivity index (χ4v) is 6.18. The van der Waals surface area contributed by atoms with E-state index in [2.05, 4.69) is 15.3 Å². The number of carboxylic acids is 1. The van der Waals surface area contributed by atoms with Gasteiger partial charge < -0.3 is 14.6 Å². The highest BCUT2D eigenvalue weighted by molar-refractivity contribution is 7.14. The van der Waals surface area contributed by atoms with Crippen molar-refractivity contribution >= 4 is 62.5 Å². The maximum atomic E-state index is 11.7. The number of aliphatic carboxylic acids is 1. The summed E-state index contributed by atoms with van der Waals surface area (Å²) in [7, 11) is 0. The smallest absolute Gasteiger partial charge is 0.413 e. The molecule has 2 aromatic heterocycles. The molecular weight excluding hydrogens is 641 g/mol. The van der Waals surface area contributed by atoms with Crippen molar-refractivity contribution in [2.45, 2.75) is 64.4 Å². The number of carbonyl (C=O) groups is 4. The molecule has 1 aliphatic rings. The first kappa shape index (κ1) is 35.1. The van der Waals surface area contributed by atoms with Crippen LogP contribution in [0.3, 0.4) is 0 Å². The van der Waals surface area contributed by atoms with Gasteiger partial charge in [-0.3, -0.25) is 19.7 Å². The Morgan fingerprint density at radius 2 is 1.62 bits per heavy atom.